The van der Waals surface area contributed by atoms with Crippen molar-refractivity contribution < 1.29 is 4.79 Å². The molecule has 0 fully saturated rings. The molecule has 0 aromatic heterocycles. The first-order valence-electron chi connectivity index (χ1n) is 4.26. The molecule has 0 spiro atoms. The fourth-order valence-corrected chi connectivity index (χ4v) is 0.808. The summed E-state index contributed by atoms with van der Waals surface area (Å²) in [6.45, 7) is 8.38. The second kappa shape index (κ2) is 4.25. The van der Waals surface area contributed by atoms with Crippen LogP contribution >= 0.6 is 0 Å². The molecular formula is C10H17NO. The van der Waals surface area contributed by atoms with Crippen LogP contribution in [-0.2, 0) is 4.79 Å². The van der Waals surface area contributed by atoms with Crippen LogP contribution in [0.3, 0.4) is 0 Å². The summed E-state index contributed by atoms with van der Waals surface area (Å²) in [5.41, 5.74) is 0.158. The van der Waals surface area contributed by atoms with Crippen molar-refractivity contribution in [2.75, 3.05) is 0 Å². The predicted octanol–water partition coefficient (Wildman–Crippen LogP) is 2.54. The fourth-order valence-electron chi connectivity index (χ4n) is 0.808. The highest BCUT2D eigenvalue weighted by Gasteiger charge is 2.21. The van der Waals surface area contributed by atoms with E-state index in [1.54, 1.807) is 0 Å². The molecule has 68 valence electrons. The van der Waals surface area contributed by atoms with Crippen LogP contribution in [0.1, 0.15) is 40.5 Å². The van der Waals surface area contributed by atoms with Gasteiger partial charge in [0.05, 0.1) is 12.5 Å². The third kappa shape index (κ3) is 4.12. The molecule has 0 bridgehead atoms. The lowest BCUT2D eigenvalue weighted by molar-refractivity contribution is -0.119. The summed E-state index contributed by atoms with van der Waals surface area (Å²) in [6.07, 6.45) is 0.581. The average Bonchev–Trinajstić information content (AvgIpc) is 1.85. The Balaban J connectivity index is 3.95. The van der Waals surface area contributed by atoms with Gasteiger partial charge in [-0.25, -0.2) is 0 Å². The molecule has 0 N–H and O–H groups in total. The van der Waals surface area contributed by atoms with Crippen LogP contribution in [0.25, 0.3) is 0 Å². The average molecular weight is 167 g/mol. The van der Waals surface area contributed by atoms with Crippen molar-refractivity contribution in [3.63, 3.8) is 0 Å². The van der Waals surface area contributed by atoms with Crippen LogP contribution in [0.2, 0.25) is 0 Å². The van der Waals surface area contributed by atoms with Crippen LogP contribution in [0.15, 0.2) is 0 Å². The molecule has 0 heterocycles. The fraction of sp³-hybridized carbons (Fsp3) is 0.800. The zero-order valence-electron chi connectivity index (χ0n) is 8.35. The van der Waals surface area contributed by atoms with Crippen LogP contribution < -0.4 is 0 Å². The molecule has 0 amide bonds. The zero-order chi connectivity index (χ0) is 9.78. The molecule has 0 aromatic carbocycles. The van der Waals surface area contributed by atoms with Gasteiger partial charge in [-0.05, 0) is 11.3 Å². The quantitative estimate of drug-likeness (QED) is 0.648. The van der Waals surface area contributed by atoms with Crippen LogP contribution in [0, 0.1) is 22.7 Å². The maximum atomic E-state index is 11.1. The first kappa shape index (κ1) is 11.2. The molecule has 0 aliphatic carbocycles. The first-order valence-corrected chi connectivity index (χ1v) is 4.26. The van der Waals surface area contributed by atoms with Crippen molar-refractivity contribution in [3.05, 3.63) is 0 Å². The Morgan fingerprint density at radius 2 is 2.00 bits per heavy atom. The lowest BCUT2D eigenvalue weighted by atomic mass is 9.79. The minimum atomic E-state index is 0.0555. The highest BCUT2D eigenvalue weighted by Crippen LogP contribution is 2.28. The van der Waals surface area contributed by atoms with Crippen molar-refractivity contribution in [2.45, 2.75) is 40.5 Å². The number of nitrogens with zero attached hydrogens (tertiary/aromatic N) is 1. The number of hydrogen-bond acceptors (Lipinski definition) is 2. The van der Waals surface area contributed by atoms with E-state index in [0.29, 0.717) is 12.3 Å². The molecule has 12 heavy (non-hydrogen) atoms. The largest absolute Gasteiger partial charge is 0.299 e. The van der Waals surface area contributed by atoms with E-state index in [-0.39, 0.29) is 17.6 Å². The Kier molecular flexibility index (Phi) is 3.95. The number of Topliss-reactive ketones (excluding diaryl/α,β-unsaturated/α-hetero) is 1. The minimum Gasteiger partial charge on any atom is -0.299 e. The number of carbonyl (C=O) groups excluding carboxylic acids is 1. The van der Waals surface area contributed by atoms with Crippen molar-refractivity contribution >= 4 is 5.78 Å². The molecular weight excluding hydrogens is 150 g/mol. The van der Waals surface area contributed by atoms with E-state index in [1.807, 2.05) is 6.07 Å². The Morgan fingerprint density at radius 3 is 2.33 bits per heavy atom. The molecule has 0 aliphatic heterocycles. The molecule has 0 saturated carbocycles. The molecule has 0 rings (SSSR count). The number of carbonyl (C=O) groups is 1. The third-order valence-electron chi connectivity index (χ3n) is 2.29. The molecule has 0 radical (unpaired) electrons. The first-order chi connectivity index (χ1) is 5.38. The van der Waals surface area contributed by atoms with Gasteiger partial charge in [-0.3, -0.25) is 4.79 Å². The van der Waals surface area contributed by atoms with Crippen molar-refractivity contribution in [1.29, 1.82) is 5.26 Å². The molecule has 0 saturated heterocycles. The van der Waals surface area contributed by atoms with E-state index in [4.69, 9.17) is 5.26 Å². The Labute approximate surface area is 74.6 Å². The molecule has 2 heteroatoms. The zero-order valence-corrected chi connectivity index (χ0v) is 8.35. The Hall–Kier alpha value is -0.840. The Bertz CT molecular complexity index is 195. The summed E-state index contributed by atoms with van der Waals surface area (Å²) in [4.78, 5) is 11.1. The topological polar surface area (TPSA) is 40.9 Å². The van der Waals surface area contributed by atoms with E-state index in [0.717, 1.165) is 0 Å². The number of rotatable bonds is 3. The summed E-state index contributed by atoms with van der Waals surface area (Å²) >= 11 is 0. The van der Waals surface area contributed by atoms with Gasteiger partial charge in [-0.1, -0.05) is 27.7 Å². The molecule has 1 atom stereocenters. The van der Waals surface area contributed by atoms with E-state index in [2.05, 4.69) is 27.7 Å². The van der Waals surface area contributed by atoms with E-state index >= 15 is 0 Å². The van der Waals surface area contributed by atoms with Crippen molar-refractivity contribution in [1.82, 2.24) is 0 Å². The maximum Gasteiger partial charge on any atom is 0.147 e. The molecule has 0 unspecified atom stereocenters. The summed E-state index contributed by atoms with van der Waals surface area (Å²) in [5, 5.41) is 8.28. The highest BCUT2D eigenvalue weighted by molar-refractivity contribution is 5.80. The number of ketones is 1. The van der Waals surface area contributed by atoms with Crippen LogP contribution in [0.4, 0.5) is 0 Å². The van der Waals surface area contributed by atoms with Gasteiger partial charge in [0.25, 0.3) is 0 Å². The monoisotopic (exact) mass is 167 g/mol. The normalized spacial score (nSPS) is 13.6. The van der Waals surface area contributed by atoms with Gasteiger partial charge < -0.3 is 0 Å². The van der Waals surface area contributed by atoms with Gasteiger partial charge in [0.15, 0.2) is 0 Å². The lowest BCUT2D eigenvalue weighted by Crippen LogP contribution is -2.20. The van der Waals surface area contributed by atoms with Gasteiger partial charge in [-0.2, -0.15) is 5.26 Å². The van der Waals surface area contributed by atoms with E-state index in [1.165, 1.54) is 0 Å². The van der Waals surface area contributed by atoms with Gasteiger partial charge >= 0.3 is 0 Å². The molecule has 0 aromatic rings. The summed E-state index contributed by atoms with van der Waals surface area (Å²) in [7, 11) is 0. The SMILES string of the molecule is C[C@@H](CC(=O)CC#N)C(C)(C)C. The summed E-state index contributed by atoms with van der Waals surface area (Å²) in [5.74, 6) is 0.401. The maximum absolute atomic E-state index is 11.1. The van der Waals surface area contributed by atoms with Crippen LogP contribution in [0.5, 0.6) is 0 Å². The molecule has 0 aliphatic rings. The third-order valence-corrected chi connectivity index (χ3v) is 2.29. The second-order valence-electron chi connectivity index (χ2n) is 4.34. The highest BCUT2D eigenvalue weighted by atomic mass is 16.1. The van der Waals surface area contributed by atoms with Gasteiger partial charge in [-0.15, -0.1) is 0 Å². The van der Waals surface area contributed by atoms with E-state index < -0.39 is 0 Å². The van der Waals surface area contributed by atoms with Crippen LogP contribution in [-0.4, -0.2) is 5.78 Å². The van der Waals surface area contributed by atoms with Gasteiger partial charge in [0, 0.05) is 6.42 Å². The smallest absolute Gasteiger partial charge is 0.147 e. The lowest BCUT2D eigenvalue weighted by Gasteiger charge is -2.26. The minimum absolute atomic E-state index is 0.0555. The summed E-state index contributed by atoms with van der Waals surface area (Å²) < 4.78 is 0. The standard InChI is InChI=1S/C10H17NO/c1-8(10(2,3)4)7-9(12)5-6-11/h8H,5,7H2,1-4H3/t8-/m0/s1. The Morgan fingerprint density at radius 1 is 1.50 bits per heavy atom. The predicted molar refractivity (Wildman–Crippen MR) is 48.5 cm³/mol. The number of nitriles is 1. The van der Waals surface area contributed by atoms with Gasteiger partial charge in [0.2, 0.25) is 0 Å². The molecule has 2 nitrogen and oxygen atoms in total. The van der Waals surface area contributed by atoms with Gasteiger partial charge in [0.1, 0.15) is 5.78 Å². The van der Waals surface area contributed by atoms with E-state index in [9.17, 15) is 4.79 Å². The second-order valence-corrected chi connectivity index (χ2v) is 4.34. The summed E-state index contributed by atoms with van der Waals surface area (Å²) in [6, 6.07) is 1.87. The van der Waals surface area contributed by atoms with Crippen molar-refractivity contribution in [2.24, 2.45) is 11.3 Å². The number of hydrogen-bond donors (Lipinski definition) is 0. The van der Waals surface area contributed by atoms with Crippen molar-refractivity contribution in [3.8, 4) is 6.07 Å².